The normalized spacial score (nSPS) is 10.9. The van der Waals surface area contributed by atoms with Crippen molar-refractivity contribution in [3.05, 3.63) is 18.2 Å². The molecule has 0 spiro atoms. The van der Waals surface area contributed by atoms with Crippen LogP contribution in [-0.4, -0.2) is 35.4 Å². The molecule has 84 valence electrons. The number of ether oxygens (including phenoxy) is 2. The van der Waals surface area contributed by atoms with Gasteiger partial charge in [-0.05, 0) is 0 Å². The van der Waals surface area contributed by atoms with Gasteiger partial charge in [0.2, 0.25) is 0 Å². The van der Waals surface area contributed by atoms with Gasteiger partial charge in [-0.2, -0.15) is 0 Å². The van der Waals surface area contributed by atoms with Crippen LogP contribution in [-0.2, 0) is 0 Å². The number of hydrogen-bond acceptors (Lipinski definition) is 2. The minimum atomic E-state index is -0.780. The molecular formula is C12H20O2Sn. The van der Waals surface area contributed by atoms with Crippen molar-refractivity contribution >= 4 is 24.7 Å². The first-order valence-electron chi connectivity index (χ1n) is 5.52. The van der Waals surface area contributed by atoms with Crippen LogP contribution in [0.4, 0.5) is 0 Å². The molecule has 0 N–H and O–H groups in total. The van der Waals surface area contributed by atoms with Crippen molar-refractivity contribution < 1.29 is 9.47 Å². The van der Waals surface area contributed by atoms with E-state index in [2.05, 4.69) is 19.1 Å². The molecular weight excluding hydrogens is 295 g/mol. The fourth-order valence-electron chi connectivity index (χ4n) is 1.59. The van der Waals surface area contributed by atoms with Crippen molar-refractivity contribution in [2.45, 2.75) is 24.2 Å². The van der Waals surface area contributed by atoms with Gasteiger partial charge in [0.05, 0.1) is 0 Å². The summed E-state index contributed by atoms with van der Waals surface area (Å²) in [5.74, 6) is 1.86. The van der Waals surface area contributed by atoms with Gasteiger partial charge in [0, 0.05) is 0 Å². The zero-order valence-corrected chi connectivity index (χ0v) is 13.9. The Kier molecular flexibility index (Phi) is 5.91. The van der Waals surface area contributed by atoms with E-state index in [0.29, 0.717) is 0 Å². The fraction of sp³-hybridized carbons (Fsp3) is 0.500. The summed E-state index contributed by atoms with van der Waals surface area (Å²) in [6.45, 7) is 2.25. The number of methoxy groups -OCH3 is 2. The van der Waals surface area contributed by atoms with Gasteiger partial charge in [-0.3, -0.25) is 0 Å². The van der Waals surface area contributed by atoms with Crippen LogP contribution in [0.3, 0.4) is 0 Å². The molecule has 3 heteroatoms. The summed E-state index contributed by atoms with van der Waals surface area (Å²) in [6.07, 6.45) is 2.67. The first-order valence-corrected chi connectivity index (χ1v) is 10.4. The Morgan fingerprint density at radius 2 is 1.67 bits per heavy atom. The van der Waals surface area contributed by atoms with Gasteiger partial charge in [0.1, 0.15) is 0 Å². The topological polar surface area (TPSA) is 18.5 Å². The average Bonchev–Trinajstić information content (AvgIpc) is 2.29. The summed E-state index contributed by atoms with van der Waals surface area (Å²) in [4.78, 5) is 0. The van der Waals surface area contributed by atoms with Crippen LogP contribution >= 0.6 is 0 Å². The third-order valence-corrected chi connectivity index (χ3v) is 7.73. The van der Waals surface area contributed by atoms with Crippen LogP contribution in [0.1, 0.15) is 19.8 Å². The van der Waals surface area contributed by atoms with Crippen LogP contribution in [0.15, 0.2) is 18.2 Å². The minimum absolute atomic E-state index is 0.780. The van der Waals surface area contributed by atoms with E-state index in [0.717, 1.165) is 11.5 Å². The Bertz CT molecular complexity index is 277. The Balaban J connectivity index is 2.68. The Morgan fingerprint density at radius 1 is 1.07 bits per heavy atom. The molecule has 0 aliphatic carbocycles. The summed E-state index contributed by atoms with van der Waals surface area (Å²) in [7, 11) is 3.42. The fourth-order valence-corrected chi connectivity index (χ4v) is 6.87. The molecule has 0 fully saturated rings. The zero-order chi connectivity index (χ0) is 11.1. The van der Waals surface area contributed by atoms with Crippen molar-refractivity contribution in [3.8, 4) is 11.5 Å². The molecule has 1 aromatic carbocycles. The molecule has 15 heavy (non-hydrogen) atoms. The van der Waals surface area contributed by atoms with E-state index < -0.39 is 21.1 Å². The van der Waals surface area contributed by atoms with Crippen molar-refractivity contribution in [2.75, 3.05) is 14.2 Å². The van der Waals surface area contributed by atoms with Crippen LogP contribution < -0.4 is 13.1 Å². The van der Waals surface area contributed by atoms with E-state index in [-0.39, 0.29) is 0 Å². The van der Waals surface area contributed by atoms with Gasteiger partial charge in [0.25, 0.3) is 0 Å². The Morgan fingerprint density at radius 3 is 2.13 bits per heavy atom. The van der Waals surface area contributed by atoms with Crippen LogP contribution in [0, 0.1) is 0 Å². The van der Waals surface area contributed by atoms with Gasteiger partial charge in [-0.15, -0.1) is 0 Å². The molecule has 0 aliphatic rings. The first-order chi connectivity index (χ1) is 7.30. The SMILES string of the molecule is CCC[CH2][SnH2][c]1cc(OC)cc(OC)c1. The number of hydrogen-bond donors (Lipinski definition) is 0. The van der Waals surface area contributed by atoms with Gasteiger partial charge in [-0.25, -0.2) is 0 Å². The van der Waals surface area contributed by atoms with Gasteiger partial charge < -0.3 is 0 Å². The molecule has 0 bridgehead atoms. The van der Waals surface area contributed by atoms with Crippen LogP contribution in [0.25, 0.3) is 0 Å². The third kappa shape index (κ3) is 4.32. The first kappa shape index (κ1) is 12.7. The van der Waals surface area contributed by atoms with E-state index >= 15 is 0 Å². The summed E-state index contributed by atoms with van der Waals surface area (Å²) < 4.78 is 13.5. The summed E-state index contributed by atoms with van der Waals surface area (Å²) >= 11 is -0.780. The molecule has 0 saturated heterocycles. The van der Waals surface area contributed by atoms with Crippen molar-refractivity contribution in [1.29, 1.82) is 0 Å². The summed E-state index contributed by atoms with van der Waals surface area (Å²) in [5.41, 5.74) is 0. The second-order valence-corrected chi connectivity index (χ2v) is 9.45. The number of unbranched alkanes of at least 4 members (excludes halogenated alkanes) is 1. The zero-order valence-electron chi connectivity index (χ0n) is 9.88. The summed E-state index contributed by atoms with van der Waals surface area (Å²) in [6, 6.07) is 6.29. The molecule has 0 aromatic heterocycles. The summed E-state index contributed by atoms with van der Waals surface area (Å²) in [5, 5.41) is 0. The van der Waals surface area contributed by atoms with Gasteiger partial charge in [-0.1, -0.05) is 0 Å². The van der Waals surface area contributed by atoms with E-state index in [4.69, 9.17) is 9.47 Å². The van der Waals surface area contributed by atoms with Crippen LogP contribution in [0.2, 0.25) is 4.44 Å². The maximum absolute atomic E-state index is 5.26. The molecule has 2 nitrogen and oxygen atoms in total. The van der Waals surface area contributed by atoms with E-state index in [1.807, 2.05) is 6.07 Å². The Hall–Kier alpha value is -0.381. The molecule has 0 radical (unpaired) electrons. The maximum atomic E-state index is 5.26. The molecule has 0 atom stereocenters. The van der Waals surface area contributed by atoms with Crippen molar-refractivity contribution in [1.82, 2.24) is 0 Å². The van der Waals surface area contributed by atoms with Gasteiger partial charge in [0.15, 0.2) is 0 Å². The molecule has 0 unspecified atom stereocenters. The van der Waals surface area contributed by atoms with Gasteiger partial charge >= 0.3 is 102 Å². The molecule has 0 saturated carbocycles. The van der Waals surface area contributed by atoms with E-state index in [1.165, 1.54) is 20.9 Å². The second-order valence-electron chi connectivity index (χ2n) is 3.68. The molecule has 0 heterocycles. The Labute approximate surface area is 102 Å². The monoisotopic (exact) mass is 316 g/mol. The molecule has 0 aliphatic heterocycles. The number of benzene rings is 1. The average molecular weight is 315 g/mol. The van der Waals surface area contributed by atoms with Crippen LogP contribution in [0.5, 0.6) is 11.5 Å². The van der Waals surface area contributed by atoms with Crippen molar-refractivity contribution in [3.63, 3.8) is 0 Å². The van der Waals surface area contributed by atoms with Crippen molar-refractivity contribution in [2.24, 2.45) is 0 Å². The third-order valence-electron chi connectivity index (χ3n) is 2.48. The quantitative estimate of drug-likeness (QED) is 0.588. The number of rotatable bonds is 6. The molecule has 1 aromatic rings. The predicted molar refractivity (Wildman–Crippen MR) is 67.4 cm³/mol. The van der Waals surface area contributed by atoms with E-state index in [9.17, 15) is 0 Å². The second kappa shape index (κ2) is 6.99. The molecule has 0 amide bonds. The van der Waals surface area contributed by atoms with E-state index in [1.54, 1.807) is 14.2 Å². The predicted octanol–water partition coefficient (Wildman–Crippen LogP) is 1.72. The standard InChI is InChI=1S/C8H9O2.C4H9.Sn.2H/c1-9-7-4-3-5-8(6-7)10-2;1-3-4-2;;;/h4-6H,1-2H3;1,3-4H2,2H3;;;. The molecule has 1 rings (SSSR count).